The molecule has 6 nitrogen and oxygen atoms in total. The first kappa shape index (κ1) is 21.3. The summed E-state index contributed by atoms with van der Waals surface area (Å²) in [7, 11) is -1.92. The topological polar surface area (TPSA) is 79.4 Å². The van der Waals surface area contributed by atoms with Gasteiger partial charge in [-0.1, -0.05) is 37.1 Å². The third kappa shape index (κ3) is 3.87. The number of carbonyl (C=O) groups excluding carboxylic acids is 1. The maximum absolute atomic E-state index is 12.9. The summed E-state index contributed by atoms with van der Waals surface area (Å²) >= 11 is 1.50. The smallest absolute Gasteiger partial charge is 0.257 e. The molecule has 8 heteroatoms. The van der Waals surface area contributed by atoms with Gasteiger partial charge in [0.05, 0.1) is 10.6 Å². The van der Waals surface area contributed by atoms with Crippen molar-refractivity contribution in [2.24, 2.45) is 0 Å². The second kappa shape index (κ2) is 8.42. The fourth-order valence-corrected chi connectivity index (χ4v) is 6.97. The van der Waals surface area contributed by atoms with Crippen LogP contribution in [0.5, 0.6) is 0 Å². The number of aryl methyl sites for hydroxylation is 2. The Morgan fingerprint density at radius 2 is 1.78 bits per heavy atom. The van der Waals surface area contributed by atoms with Gasteiger partial charge in [-0.3, -0.25) is 10.1 Å². The first-order valence-corrected chi connectivity index (χ1v) is 13.2. The summed E-state index contributed by atoms with van der Waals surface area (Å²) in [6.45, 7) is 0. The van der Waals surface area contributed by atoms with Gasteiger partial charge >= 0.3 is 0 Å². The molecule has 0 spiro atoms. The first-order chi connectivity index (χ1) is 15.4. The number of benzene rings is 2. The van der Waals surface area contributed by atoms with Crippen molar-refractivity contribution in [2.45, 2.75) is 49.5 Å². The van der Waals surface area contributed by atoms with Crippen molar-refractivity contribution < 1.29 is 13.2 Å². The number of rotatable bonds is 5. The van der Waals surface area contributed by atoms with E-state index in [0.29, 0.717) is 10.7 Å². The predicted molar refractivity (Wildman–Crippen MR) is 127 cm³/mol. The van der Waals surface area contributed by atoms with Crippen LogP contribution in [0.4, 0.5) is 5.13 Å². The molecule has 0 aliphatic heterocycles. The van der Waals surface area contributed by atoms with Crippen molar-refractivity contribution in [2.75, 3.05) is 12.4 Å². The lowest BCUT2D eigenvalue weighted by molar-refractivity contribution is 0.102. The number of nitrogens with one attached hydrogen (secondary N) is 1. The van der Waals surface area contributed by atoms with E-state index >= 15 is 0 Å². The molecule has 1 fully saturated rings. The van der Waals surface area contributed by atoms with Crippen molar-refractivity contribution in [1.82, 2.24) is 9.29 Å². The Morgan fingerprint density at radius 3 is 2.53 bits per heavy atom. The molecule has 5 rings (SSSR count). The molecule has 0 radical (unpaired) electrons. The minimum atomic E-state index is -3.56. The Labute approximate surface area is 192 Å². The first-order valence-electron chi connectivity index (χ1n) is 10.9. The van der Waals surface area contributed by atoms with E-state index in [2.05, 4.69) is 22.4 Å². The fourth-order valence-electron chi connectivity index (χ4n) is 4.58. The number of thiazole rings is 1. The van der Waals surface area contributed by atoms with Gasteiger partial charge in [-0.25, -0.2) is 13.4 Å². The zero-order valence-corrected chi connectivity index (χ0v) is 19.5. The molecular weight excluding hydrogens is 442 g/mol. The largest absolute Gasteiger partial charge is 0.298 e. The van der Waals surface area contributed by atoms with Gasteiger partial charge < -0.3 is 0 Å². The Hall–Kier alpha value is -2.55. The van der Waals surface area contributed by atoms with Crippen molar-refractivity contribution in [3.8, 4) is 11.3 Å². The quantitative estimate of drug-likeness (QED) is 0.589. The SMILES string of the molecule is CN(C1CCCC1)S(=O)(=O)c1ccc(C(=O)Nc2nc3c(s2)CCc2ccccc2-3)cc1. The van der Waals surface area contributed by atoms with Gasteiger partial charge in [-0.05, 0) is 55.5 Å². The molecule has 1 heterocycles. The molecule has 1 N–H and O–H groups in total. The van der Waals surface area contributed by atoms with Crippen molar-refractivity contribution in [1.29, 1.82) is 0 Å². The number of nitrogens with zero attached hydrogens (tertiary/aromatic N) is 2. The molecule has 0 atom stereocenters. The van der Waals surface area contributed by atoms with E-state index in [4.69, 9.17) is 0 Å². The van der Waals surface area contributed by atoms with Gasteiger partial charge in [-0.15, -0.1) is 11.3 Å². The summed E-state index contributed by atoms with van der Waals surface area (Å²) < 4.78 is 27.3. The number of amides is 1. The lowest BCUT2D eigenvalue weighted by Gasteiger charge is -2.23. The number of carbonyl (C=O) groups is 1. The van der Waals surface area contributed by atoms with Gasteiger partial charge in [0.25, 0.3) is 5.91 Å². The zero-order valence-electron chi connectivity index (χ0n) is 17.9. The molecule has 32 heavy (non-hydrogen) atoms. The van der Waals surface area contributed by atoms with Crippen LogP contribution >= 0.6 is 11.3 Å². The highest BCUT2D eigenvalue weighted by molar-refractivity contribution is 7.89. The highest BCUT2D eigenvalue weighted by Gasteiger charge is 2.30. The summed E-state index contributed by atoms with van der Waals surface area (Å²) in [5.41, 5.74) is 3.76. The van der Waals surface area contributed by atoms with Gasteiger partial charge in [0.1, 0.15) is 0 Å². The molecule has 2 aliphatic carbocycles. The van der Waals surface area contributed by atoms with E-state index in [1.165, 1.54) is 38.2 Å². The average Bonchev–Trinajstić information content (AvgIpc) is 3.48. The number of aromatic nitrogens is 1. The van der Waals surface area contributed by atoms with Gasteiger partial charge in [-0.2, -0.15) is 4.31 Å². The van der Waals surface area contributed by atoms with Crippen LogP contribution in [0.1, 0.15) is 46.5 Å². The minimum Gasteiger partial charge on any atom is -0.298 e. The molecule has 0 bridgehead atoms. The molecule has 2 aromatic carbocycles. The van der Waals surface area contributed by atoms with Gasteiger partial charge in [0, 0.05) is 29.1 Å². The van der Waals surface area contributed by atoms with Gasteiger partial charge in [0.2, 0.25) is 10.0 Å². The molecule has 1 amide bonds. The summed E-state index contributed by atoms with van der Waals surface area (Å²) in [6, 6.07) is 14.4. The molecule has 1 aromatic heterocycles. The Bertz CT molecular complexity index is 1260. The van der Waals surface area contributed by atoms with Crippen LogP contribution in [0.3, 0.4) is 0 Å². The molecule has 0 saturated heterocycles. The fraction of sp³-hybridized carbons (Fsp3) is 0.333. The Balaban J connectivity index is 1.32. The van der Waals surface area contributed by atoms with E-state index in [9.17, 15) is 13.2 Å². The normalized spacial score (nSPS) is 16.1. The van der Waals surface area contributed by atoms with E-state index in [-0.39, 0.29) is 16.8 Å². The number of hydrogen-bond acceptors (Lipinski definition) is 5. The average molecular weight is 468 g/mol. The van der Waals surface area contributed by atoms with Crippen LogP contribution in [-0.2, 0) is 22.9 Å². The van der Waals surface area contributed by atoms with Crippen LogP contribution in [0.2, 0.25) is 0 Å². The Morgan fingerprint density at radius 1 is 1.06 bits per heavy atom. The molecular formula is C24H25N3O3S2. The predicted octanol–water partition coefficient (Wildman–Crippen LogP) is 4.72. The van der Waals surface area contributed by atoms with E-state index < -0.39 is 10.0 Å². The minimum absolute atomic E-state index is 0.0593. The van der Waals surface area contributed by atoms with E-state index in [1.54, 1.807) is 19.2 Å². The lowest BCUT2D eigenvalue weighted by Crippen LogP contribution is -2.35. The van der Waals surface area contributed by atoms with Crippen LogP contribution in [-0.4, -0.2) is 36.7 Å². The molecule has 1 saturated carbocycles. The maximum Gasteiger partial charge on any atom is 0.257 e. The van der Waals surface area contributed by atoms with Crippen molar-refractivity contribution >= 4 is 32.4 Å². The highest BCUT2D eigenvalue weighted by Crippen LogP contribution is 2.38. The maximum atomic E-state index is 12.9. The third-order valence-corrected chi connectivity index (χ3v) is 9.40. The second-order valence-corrected chi connectivity index (χ2v) is 11.5. The molecule has 166 valence electrons. The van der Waals surface area contributed by atoms with Crippen LogP contribution in [0.15, 0.2) is 53.4 Å². The molecule has 0 unspecified atom stereocenters. The van der Waals surface area contributed by atoms with Crippen LogP contribution in [0, 0.1) is 0 Å². The van der Waals surface area contributed by atoms with Gasteiger partial charge in [0.15, 0.2) is 5.13 Å². The molecule has 2 aliphatic rings. The summed E-state index contributed by atoms with van der Waals surface area (Å²) in [4.78, 5) is 18.8. The summed E-state index contributed by atoms with van der Waals surface area (Å²) in [5.74, 6) is -0.294. The Kier molecular flexibility index (Phi) is 5.61. The number of anilines is 1. The van der Waals surface area contributed by atoms with Crippen molar-refractivity contribution in [3.63, 3.8) is 0 Å². The number of hydrogen-bond donors (Lipinski definition) is 1. The lowest BCUT2D eigenvalue weighted by atomic mass is 9.94. The summed E-state index contributed by atoms with van der Waals surface area (Å²) in [5, 5.41) is 3.44. The summed E-state index contributed by atoms with van der Waals surface area (Å²) in [6.07, 6.45) is 5.83. The third-order valence-electron chi connectivity index (χ3n) is 6.44. The monoisotopic (exact) mass is 467 g/mol. The second-order valence-electron chi connectivity index (χ2n) is 8.39. The standard InChI is InChI=1S/C24H25N3O3S2/c1-27(18-7-3-4-8-18)32(29,30)19-13-10-17(11-14-19)23(28)26-24-25-22-20-9-5-2-6-16(20)12-15-21(22)31-24/h2,5-6,9-11,13-14,18H,3-4,7-8,12,15H2,1H3,(H,25,26,28). The van der Waals surface area contributed by atoms with Crippen LogP contribution < -0.4 is 5.32 Å². The molecule has 3 aromatic rings. The van der Waals surface area contributed by atoms with Crippen LogP contribution in [0.25, 0.3) is 11.3 Å². The van der Waals surface area contributed by atoms with Crippen molar-refractivity contribution in [3.05, 3.63) is 64.5 Å². The highest BCUT2D eigenvalue weighted by atomic mass is 32.2. The number of fused-ring (bicyclic) bond motifs is 3. The van der Waals surface area contributed by atoms with E-state index in [1.807, 2.05) is 12.1 Å². The number of sulfonamides is 1. The zero-order chi connectivity index (χ0) is 22.3. The van der Waals surface area contributed by atoms with E-state index in [0.717, 1.165) is 49.8 Å².